The lowest BCUT2D eigenvalue weighted by Gasteiger charge is -2.22. The van der Waals surface area contributed by atoms with E-state index < -0.39 is 35.7 Å². The van der Waals surface area contributed by atoms with E-state index >= 15 is 0 Å². The van der Waals surface area contributed by atoms with Gasteiger partial charge in [0.25, 0.3) is 5.92 Å². The van der Waals surface area contributed by atoms with Crippen molar-refractivity contribution < 1.29 is 23.4 Å². The van der Waals surface area contributed by atoms with Gasteiger partial charge in [0.1, 0.15) is 12.6 Å². The summed E-state index contributed by atoms with van der Waals surface area (Å²) in [5.74, 6) is -5.81. The van der Waals surface area contributed by atoms with Gasteiger partial charge in [-0.2, -0.15) is 0 Å². The molecule has 0 bridgehead atoms. The van der Waals surface area contributed by atoms with E-state index in [0.29, 0.717) is 0 Å². The van der Waals surface area contributed by atoms with Crippen LogP contribution in [0.2, 0.25) is 5.02 Å². The number of halogens is 4. The van der Waals surface area contributed by atoms with Crippen molar-refractivity contribution in [2.45, 2.75) is 12.0 Å². The van der Waals surface area contributed by atoms with Gasteiger partial charge in [0.05, 0.1) is 0 Å². The Bertz CT molecular complexity index is 401. The van der Waals surface area contributed by atoms with Crippen LogP contribution in [0.4, 0.5) is 13.2 Å². The molecule has 3 nitrogen and oxygen atoms in total. The molecule has 4 N–H and O–H groups in total. The summed E-state index contributed by atoms with van der Waals surface area (Å²) < 4.78 is 39.0. The summed E-state index contributed by atoms with van der Waals surface area (Å²) in [6.07, 6.45) is 0. The minimum Gasteiger partial charge on any atom is -0.505 e. The van der Waals surface area contributed by atoms with Crippen LogP contribution in [0, 0.1) is 5.82 Å². The average molecular weight is 256 g/mol. The monoisotopic (exact) mass is 255 g/mol. The van der Waals surface area contributed by atoms with Gasteiger partial charge in [0, 0.05) is 10.6 Å². The molecule has 0 fully saturated rings. The Balaban J connectivity index is 3.23. The molecule has 0 saturated heterocycles. The molecule has 7 heteroatoms. The molecule has 0 aliphatic heterocycles. The summed E-state index contributed by atoms with van der Waals surface area (Å²) in [5, 5.41) is 17.5. The number of benzene rings is 1. The predicted octanol–water partition coefficient (Wildman–Crippen LogP) is 1.81. The van der Waals surface area contributed by atoms with Gasteiger partial charge >= 0.3 is 0 Å². The number of aliphatic hydroxyl groups is 1. The summed E-state index contributed by atoms with van der Waals surface area (Å²) in [5.41, 5.74) is 4.57. The first-order valence-electron chi connectivity index (χ1n) is 4.21. The lowest BCUT2D eigenvalue weighted by atomic mass is 10.0. The number of phenols is 1. The number of alkyl halides is 2. The minimum atomic E-state index is -3.67. The van der Waals surface area contributed by atoms with Gasteiger partial charge < -0.3 is 15.9 Å². The van der Waals surface area contributed by atoms with E-state index in [1.807, 2.05) is 0 Å². The molecule has 0 aliphatic carbocycles. The van der Waals surface area contributed by atoms with Gasteiger partial charge in [-0.15, -0.1) is 0 Å². The molecule has 90 valence electrons. The minimum absolute atomic E-state index is 0.172. The zero-order valence-electron chi connectivity index (χ0n) is 7.92. The van der Waals surface area contributed by atoms with Gasteiger partial charge in [-0.25, -0.2) is 13.2 Å². The van der Waals surface area contributed by atoms with Gasteiger partial charge in [-0.05, 0) is 12.1 Å². The number of hydrogen-bond acceptors (Lipinski definition) is 3. The summed E-state index contributed by atoms with van der Waals surface area (Å²) >= 11 is 5.45. The molecule has 1 atom stereocenters. The van der Waals surface area contributed by atoms with E-state index in [4.69, 9.17) is 22.4 Å². The Morgan fingerprint density at radius 1 is 1.44 bits per heavy atom. The number of hydrogen-bond donors (Lipinski definition) is 3. The molecule has 1 aromatic carbocycles. The van der Waals surface area contributed by atoms with Crippen LogP contribution in [-0.4, -0.2) is 22.7 Å². The van der Waals surface area contributed by atoms with Crippen molar-refractivity contribution in [3.8, 4) is 5.75 Å². The molecule has 0 aromatic heterocycles. The lowest BCUT2D eigenvalue weighted by molar-refractivity contribution is -0.0716. The van der Waals surface area contributed by atoms with Crippen LogP contribution >= 0.6 is 11.6 Å². The van der Waals surface area contributed by atoms with Gasteiger partial charge in [-0.3, -0.25) is 0 Å². The quantitative estimate of drug-likeness (QED) is 0.772. The van der Waals surface area contributed by atoms with Crippen molar-refractivity contribution in [1.82, 2.24) is 0 Å². The molecule has 0 aliphatic rings. The highest BCUT2D eigenvalue weighted by atomic mass is 35.5. The third kappa shape index (κ3) is 2.40. The van der Waals surface area contributed by atoms with Crippen LogP contribution in [-0.2, 0) is 0 Å². The van der Waals surface area contributed by atoms with Crippen LogP contribution in [0.25, 0.3) is 0 Å². The lowest BCUT2D eigenvalue weighted by Crippen LogP contribution is -2.36. The highest BCUT2D eigenvalue weighted by Gasteiger charge is 2.39. The van der Waals surface area contributed by atoms with E-state index in [1.54, 1.807) is 0 Å². The third-order valence-corrected chi connectivity index (χ3v) is 2.28. The fraction of sp³-hybridized carbons (Fsp3) is 0.333. The SMILES string of the molecule is N[C@@H](c1cc(Cl)cc(F)c1O)C(F)(F)CO. The number of rotatable bonds is 3. The summed E-state index contributed by atoms with van der Waals surface area (Å²) in [6.45, 7) is -1.51. The Labute approximate surface area is 94.3 Å². The van der Waals surface area contributed by atoms with Gasteiger partial charge in [-0.1, -0.05) is 11.6 Å². The maximum Gasteiger partial charge on any atom is 0.289 e. The van der Waals surface area contributed by atoms with Crippen molar-refractivity contribution in [2.75, 3.05) is 6.61 Å². The Morgan fingerprint density at radius 2 is 2.00 bits per heavy atom. The molecule has 0 spiro atoms. The summed E-state index contributed by atoms with van der Waals surface area (Å²) in [6, 6.07) is -0.344. The zero-order valence-corrected chi connectivity index (χ0v) is 8.68. The largest absolute Gasteiger partial charge is 0.505 e. The average Bonchev–Trinajstić information content (AvgIpc) is 2.22. The highest BCUT2D eigenvalue weighted by Crippen LogP contribution is 2.36. The third-order valence-electron chi connectivity index (χ3n) is 2.06. The maximum absolute atomic E-state index is 13.0. The van der Waals surface area contributed by atoms with Crippen LogP contribution in [0.5, 0.6) is 5.75 Å². The number of phenolic OH excluding ortho intramolecular Hbond substituents is 1. The van der Waals surface area contributed by atoms with E-state index in [1.165, 1.54) is 0 Å². The van der Waals surface area contributed by atoms with Crippen LogP contribution in [0.1, 0.15) is 11.6 Å². The first-order chi connectivity index (χ1) is 7.29. The Morgan fingerprint density at radius 3 is 2.50 bits per heavy atom. The summed E-state index contributed by atoms with van der Waals surface area (Å²) in [4.78, 5) is 0. The Kier molecular flexibility index (Phi) is 3.67. The second kappa shape index (κ2) is 4.48. The van der Waals surface area contributed by atoms with Crippen molar-refractivity contribution in [3.63, 3.8) is 0 Å². The van der Waals surface area contributed by atoms with Crippen molar-refractivity contribution in [3.05, 3.63) is 28.5 Å². The molecule has 1 rings (SSSR count). The smallest absolute Gasteiger partial charge is 0.289 e. The van der Waals surface area contributed by atoms with Crippen LogP contribution in [0.3, 0.4) is 0 Å². The van der Waals surface area contributed by atoms with E-state index in [2.05, 4.69) is 0 Å². The fourth-order valence-electron chi connectivity index (χ4n) is 1.15. The van der Waals surface area contributed by atoms with Crippen molar-refractivity contribution in [1.29, 1.82) is 0 Å². The number of aromatic hydroxyl groups is 1. The first-order valence-corrected chi connectivity index (χ1v) is 4.59. The molecule has 1 aromatic rings. The fourth-order valence-corrected chi connectivity index (χ4v) is 1.36. The Hall–Kier alpha value is -0.980. The molecular formula is C9H9ClF3NO2. The molecule has 0 amide bonds. The standard InChI is InChI=1S/C9H9ClF3NO2/c10-4-1-5(7(16)6(11)2-4)8(14)9(12,13)3-15/h1-2,8,15-16H,3,14H2/t8-/m0/s1. The predicted molar refractivity (Wildman–Crippen MR) is 52.0 cm³/mol. The second-order valence-corrected chi connectivity index (χ2v) is 3.66. The molecule has 0 radical (unpaired) electrons. The van der Waals surface area contributed by atoms with Crippen molar-refractivity contribution in [2.24, 2.45) is 5.73 Å². The van der Waals surface area contributed by atoms with E-state index in [0.717, 1.165) is 12.1 Å². The molecular weight excluding hydrogens is 247 g/mol. The van der Waals surface area contributed by atoms with E-state index in [9.17, 15) is 18.3 Å². The van der Waals surface area contributed by atoms with Gasteiger partial charge in [0.2, 0.25) is 0 Å². The molecule has 0 saturated carbocycles. The van der Waals surface area contributed by atoms with Crippen LogP contribution in [0.15, 0.2) is 12.1 Å². The highest BCUT2D eigenvalue weighted by molar-refractivity contribution is 6.30. The van der Waals surface area contributed by atoms with Crippen molar-refractivity contribution >= 4 is 11.6 Å². The maximum atomic E-state index is 13.0. The molecule has 0 heterocycles. The number of nitrogens with two attached hydrogens (primary N) is 1. The zero-order chi connectivity index (χ0) is 12.5. The van der Waals surface area contributed by atoms with Crippen LogP contribution < -0.4 is 5.73 Å². The normalized spacial score (nSPS) is 13.9. The molecule has 0 unspecified atom stereocenters. The molecule has 16 heavy (non-hydrogen) atoms. The summed E-state index contributed by atoms with van der Waals surface area (Å²) in [7, 11) is 0. The second-order valence-electron chi connectivity index (χ2n) is 3.22. The number of aliphatic hydroxyl groups excluding tert-OH is 1. The topological polar surface area (TPSA) is 66.5 Å². The van der Waals surface area contributed by atoms with Gasteiger partial charge in [0.15, 0.2) is 11.6 Å². The first kappa shape index (κ1) is 13.1. The van der Waals surface area contributed by atoms with E-state index in [-0.39, 0.29) is 5.02 Å².